The number of carboxylic acids is 1. The molecule has 1 rings (SSSR count). The van der Waals surface area contributed by atoms with E-state index in [2.05, 4.69) is 0 Å². The highest BCUT2D eigenvalue weighted by molar-refractivity contribution is 7.86. The fraction of sp³-hybridized carbons (Fsp3) is 0.889. The van der Waals surface area contributed by atoms with Gasteiger partial charge in [0.1, 0.15) is 6.54 Å². The second-order valence-electron chi connectivity index (χ2n) is 4.11. The van der Waals surface area contributed by atoms with Crippen molar-refractivity contribution in [3.8, 4) is 0 Å². The van der Waals surface area contributed by atoms with Crippen molar-refractivity contribution in [2.75, 3.05) is 20.1 Å². The molecule has 1 saturated heterocycles. The van der Waals surface area contributed by atoms with Crippen molar-refractivity contribution in [3.63, 3.8) is 0 Å². The predicted molar refractivity (Wildman–Crippen MR) is 59.2 cm³/mol. The van der Waals surface area contributed by atoms with Crippen LogP contribution in [0, 0.1) is 0 Å². The minimum absolute atomic E-state index is 0.0463. The molecule has 1 fully saturated rings. The second kappa shape index (κ2) is 5.11. The Bertz CT molecular complexity index is 355. The Balaban J connectivity index is 2.79. The summed E-state index contributed by atoms with van der Waals surface area (Å²) in [7, 11) is -2.32. The molecule has 0 amide bonds. The van der Waals surface area contributed by atoms with Crippen LogP contribution in [0.1, 0.15) is 26.2 Å². The molecular weight excluding hydrogens is 232 g/mol. The summed E-state index contributed by atoms with van der Waals surface area (Å²) in [5.74, 6) is -1.14. The second-order valence-corrected chi connectivity index (χ2v) is 6.10. The van der Waals surface area contributed by atoms with Gasteiger partial charge in [-0.2, -0.15) is 17.0 Å². The third kappa shape index (κ3) is 2.93. The van der Waals surface area contributed by atoms with Gasteiger partial charge < -0.3 is 5.11 Å². The smallest absolute Gasteiger partial charge is 0.318 e. The molecule has 16 heavy (non-hydrogen) atoms. The highest BCUT2D eigenvalue weighted by atomic mass is 32.2. The van der Waals surface area contributed by atoms with Gasteiger partial charge in [0.2, 0.25) is 0 Å². The van der Waals surface area contributed by atoms with Crippen LogP contribution in [0.15, 0.2) is 0 Å². The molecule has 0 radical (unpaired) electrons. The SMILES string of the molecule is CC1CCCCN1S(=O)(=O)N(C)CC(=O)O. The van der Waals surface area contributed by atoms with Gasteiger partial charge in [-0.15, -0.1) is 0 Å². The summed E-state index contributed by atoms with van der Waals surface area (Å²) in [5, 5.41) is 8.59. The normalized spacial score (nSPS) is 23.6. The van der Waals surface area contributed by atoms with Gasteiger partial charge in [0.15, 0.2) is 0 Å². The fourth-order valence-corrected chi connectivity index (χ4v) is 3.42. The van der Waals surface area contributed by atoms with Crippen LogP contribution in [-0.4, -0.2) is 54.3 Å². The van der Waals surface area contributed by atoms with Crippen LogP contribution in [0.25, 0.3) is 0 Å². The van der Waals surface area contributed by atoms with Crippen LogP contribution in [-0.2, 0) is 15.0 Å². The van der Waals surface area contributed by atoms with Crippen molar-refractivity contribution in [2.45, 2.75) is 32.2 Å². The first-order valence-electron chi connectivity index (χ1n) is 5.30. The number of aliphatic carboxylic acids is 1. The Morgan fingerprint density at radius 1 is 1.50 bits per heavy atom. The van der Waals surface area contributed by atoms with E-state index in [0.717, 1.165) is 23.6 Å². The molecule has 1 unspecified atom stereocenters. The number of rotatable bonds is 4. The minimum Gasteiger partial charge on any atom is -0.480 e. The number of nitrogens with zero attached hydrogens (tertiary/aromatic N) is 2. The van der Waals surface area contributed by atoms with Crippen LogP contribution in [0.2, 0.25) is 0 Å². The lowest BCUT2D eigenvalue weighted by atomic mass is 10.1. The molecule has 1 heterocycles. The number of piperidine rings is 1. The van der Waals surface area contributed by atoms with Crippen molar-refractivity contribution in [3.05, 3.63) is 0 Å². The van der Waals surface area contributed by atoms with Crippen LogP contribution in [0.4, 0.5) is 0 Å². The maximum atomic E-state index is 12.0. The van der Waals surface area contributed by atoms with E-state index in [1.165, 1.54) is 11.4 Å². The largest absolute Gasteiger partial charge is 0.480 e. The summed E-state index contributed by atoms with van der Waals surface area (Å²) in [6.45, 7) is 1.84. The van der Waals surface area contributed by atoms with Gasteiger partial charge in [0.05, 0.1) is 0 Å². The molecule has 0 bridgehead atoms. The highest BCUT2D eigenvalue weighted by Gasteiger charge is 2.33. The quantitative estimate of drug-likeness (QED) is 0.769. The highest BCUT2D eigenvalue weighted by Crippen LogP contribution is 2.21. The summed E-state index contributed by atoms with van der Waals surface area (Å²) < 4.78 is 26.3. The molecule has 1 aliphatic heterocycles. The van der Waals surface area contributed by atoms with E-state index in [9.17, 15) is 13.2 Å². The maximum absolute atomic E-state index is 12.0. The van der Waals surface area contributed by atoms with Crippen LogP contribution >= 0.6 is 0 Å². The molecule has 1 aliphatic rings. The molecule has 1 N–H and O–H groups in total. The Labute approximate surface area is 96.0 Å². The standard InChI is InChI=1S/C9H18N2O4S/c1-8-5-3-4-6-11(8)16(14,15)10(2)7-9(12)13/h8H,3-7H2,1-2H3,(H,12,13). The lowest BCUT2D eigenvalue weighted by Crippen LogP contribution is -2.49. The maximum Gasteiger partial charge on any atom is 0.318 e. The zero-order chi connectivity index (χ0) is 12.3. The zero-order valence-corrected chi connectivity index (χ0v) is 10.4. The van der Waals surface area contributed by atoms with Crippen molar-refractivity contribution < 1.29 is 18.3 Å². The van der Waals surface area contributed by atoms with Gasteiger partial charge in [-0.05, 0) is 19.8 Å². The molecule has 0 aromatic heterocycles. The Morgan fingerprint density at radius 2 is 2.12 bits per heavy atom. The predicted octanol–water partition coefficient (Wildman–Crippen LogP) is 0.122. The van der Waals surface area contributed by atoms with Gasteiger partial charge in [0, 0.05) is 19.6 Å². The van der Waals surface area contributed by atoms with Gasteiger partial charge in [-0.3, -0.25) is 4.79 Å². The summed E-state index contributed by atoms with van der Waals surface area (Å²) in [6.07, 6.45) is 2.69. The first kappa shape index (κ1) is 13.4. The minimum atomic E-state index is -3.62. The van der Waals surface area contributed by atoms with Gasteiger partial charge in [0.25, 0.3) is 10.2 Å². The van der Waals surface area contributed by atoms with E-state index in [4.69, 9.17) is 5.11 Å². The third-order valence-electron chi connectivity index (χ3n) is 2.79. The van der Waals surface area contributed by atoms with Crippen molar-refractivity contribution in [1.82, 2.24) is 8.61 Å². The van der Waals surface area contributed by atoms with Crippen LogP contribution < -0.4 is 0 Å². The van der Waals surface area contributed by atoms with Crippen molar-refractivity contribution in [1.29, 1.82) is 0 Å². The van der Waals surface area contributed by atoms with Crippen molar-refractivity contribution in [2.24, 2.45) is 0 Å². The van der Waals surface area contributed by atoms with E-state index >= 15 is 0 Å². The summed E-state index contributed by atoms with van der Waals surface area (Å²) >= 11 is 0. The van der Waals surface area contributed by atoms with E-state index in [1.54, 1.807) is 0 Å². The number of likely N-dealkylation sites (N-methyl/N-ethyl adjacent to an activating group) is 1. The van der Waals surface area contributed by atoms with Crippen LogP contribution in [0.5, 0.6) is 0 Å². The first-order valence-corrected chi connectivity index (χ1v) is 6.70. The van der Waals surface area contributed by atoms with Crippen molar-refractivity contribution >= 4 is 16.2 Å². The number of carboxylic acid groups (broad SMARTS) is 1. The number of carbonyl (C=O) groups is 1. The average molecular weight is 250 g/mol. The fourth-order valence-electron chi connectivity index (χ4n) is 1.87. The summed E-state index contributed by atoms with van der Waals surface area (Å²) in [4.78, 5) is 10.5. The van der Waals surface area contributed by atoms with E-state index in [-0.39, 0.29) is 6.04 Å². The van der Waals surface area contributed by atoms with E-state index < -0.39 is 22.7 Å². The van der Waals surface area contributed by atoms with Gasteiger partial charge in [-0.1, -0.05) is 6.42 Å². The number of hydrogen-bond donors (Lipinski definition) is 1. The Kier molecular flexibility index (Phi) is 4.28. The lowest BCUT2D eigenvalue weighted by molar-refractivity contribution is -0.137. The monoisotopic (exact) mass is 250 g/mol. The summed E-state index contributed by atoms with van der Waals surface area (Å²) in [5.41, 5.74) is 0. The lowest BCUT2D eigenvalue weighted by Gasteiger charge is -2.34. The van der Waals surface area contributed by atoms with E-state index in [1.807, 2.05) is 6.92 Å². The zero-order valence-electron chi connectivity index (χ0n) is 9.59. The molecule has 6 nitrogen and oxygen atoms in total. The molecule has 7 heteroatoms. The molecular formula is C9H18N2O4S. The van der Waals surface area contributed by atoms with E-state index in [0.29, 0.717) is 6.54 Å². The molecule has 0 aliphatic carbocycles. The molecule has 94 valence electrons. The first-order chi connectivity index (χ1) is 7.35. The molecule has 0 saturated carbocycles. The number of hydrogen-bond acceptors (Lipinski definition) is 3. The average Bonchev–Trinajstić information content (AvgIpc) is 2.16. The van der Waals surface area contributed by atoms with Gasteiger partial charge in [-0.25, -0.2) is 0 Å². The Hall–Kier alpha value is -0.660. The van der Waals surface area contributed by atoms with Crippen LogP contribution in [0.3, 0.4) is 0 Å². The molecule has 0 aromatic rings. The topological polar surface area (TPSA) is 77.9 Å². The molecule has 1 atom stereocenters. The molecule has 0 spiro atoms. The summed E-state index contributed by atoms with van der Waals surface area (Å²) in [6, 6.07) is -0.0463. The Morgan fingerprint density at radius 3 is 2.62 bits per heavy atom. The third-order valence-corrected chi connectivity index (χ3v) is 4.84. The molecule has 0 aromatic carbocycles. The van der Waals surface area contributed by atoms with Gasteiger partial charge >= 0.3 is 5.97 Å².